The van der Waals surface area contributed by atoms with Crippen LogP contribution in [0.4, 0.5) is 18.9 Å². The normalized spacial score (nSPS) is 19.0. The van der Waals surface area contributed by atoms with E-state index < -0.39 is 36.1 Å². The van der Waals surface area contributed by atoms with Crippen molar-refractivity contribution < 1.29 is 33.3 Å². The summed E-state index contributed by atoms with van der Waals surface area (Å²) >= 11 is 0.655. The number of halogens is 3. The molecule has 3 rings (SSSR count). The van der Waals surface area contributed by atoms with Gasteiger partial charge in [0, 0.05) is 18.0 Å². The van der Waals surface area contributed by atoms with Gasteiger partial charge in [0.15, 0.2) is 0 Å². The van der Waals surface area contributed by atoms with E-state index in [1.54, 1.807) is 36.4 Å². The number of hydrogen-bond acceptors (Lipinski definition) is 7. The summed E-state index contributed by atoms with van der Waals surface area (Å²) in [4.78, 5) is 13.7. The second-order valence-corrected chi connectivity index (χ2v) is 9.12. The van der Waals surface area contributed by atoms with Gasteiger partial charge < -0.3 is 20.2 Å². The van der Waals surface area contributed by atoms with Gasteiger partial charge in [0.05, 0.1) is 12.7 Å². The molecular weight excluding hydrogens is 469 g/mol. The number of nitrogens with zero attached hydrogens (tertiary/aromatic N) is 2. The molecule has 2 aromatic rings. The zero-order chi connectivity index (χ0) is 24.9. The van der Waals surface area contributed by atoms with Crippen LogP contribution in [-0.4, -0.2) is 63.8 Å². The number of aliphatic hydroxyl groups excluding tert-OH is 3. The van der Waals surface area contributed by atoms with Crippen LogP contribution in [0.15, 0.2) is 42.0 Å². The number of thioether (sulfide) groups is 1. The number of benzene rings is 2. The molecule has 0 radical (unpaired) electrons. The van der Waals surface area contributed by atoms with E-state index in [4.69, 9.17) is 5.11 Å². The van der Waals surface area contributed by atoms with Crippen LogP contribution in [0.3, 0.4) is 0 Å². The van der Waals surface area contributed by atoms with E-state index in [2.05, 4.69) is 0 Å². The first-order chi connectivity index (χ1) is 16.1. The van der Waals surface area contributed by atoms with Gasteiger partial charge >= 0.3 is 6.18 Å². The number of alkyl halides is 3. The van der Waals surface area contributed by atoms with E-state index >= 15 is 0 Å². The van der Waals surface area contributed by atoms with E-state index in [1.165, 1.54) is 11.0 Å². The molecule has 1 heterocycles. The molecule has 3 N–H and O–H groups in total. The van der Waals surface area contributed by atoms with Gasteiger partial charge in [0.2, 0.25) is 5.12 Å². The maximum Gasteiger partial charge on any atom is 0.408 e. The van der Waals surface area contributed by atoms with Crippen LogP contribution in [0.5, 0.6) is 0 Å². The molecule has 1 fully saturated rings. The van der Waals surface area contributed by atoms with Crippen LogP contribution in [0, 0.1) is 11.3 Å². The predicted octanol–water partition coefficient (Wildman–Crippen LogP) is 3.64. The van der Waals surface area contributed by atoms with Crippen LogP contribution in [0.1, 0.15) is 24.8 Å². The van der Waals surface area contributed by atoms with Gasteiger partial charge in [-0.1, -0.05) is 30.0 Å². The number of anilines is 1. The van der Waals surface area contributed by atoms with Gasteiger partial charge in [-0.3, -0.25) is 4.79 Å². The second kappa shape index (κ2) is 11.2. The van der Waals surface area contributed by atoms with E-state index in [0.717, 1.165) is 10.8 Å². The predicted molar refractivity (Wildman–Crippen MR) is 125 cm³/mol. The summed E-state index contributed by atoms with van der Waals surface area (Å²) in [5.74, 6) is -0.185. The molecule has 3 unspecified atom stereocenters. The van der Waals surface area contributed by atoms with Gasteiger partial charge in [0.1, 0.15) is 23.8 Å². The maximum absolute atomic E-state index is 13.5. The highest BCUT2D eigenvalue weighted by Crippen LogP contribution is 2.36. The third kappa shape index (κ3) is 6.30. The van der Waals surface area contributed by atoms with Gasteiger partial charge in [-0.25, -0.2) is 0 Å². The SMILES string of the molecule is N#C/C(=C\c1ccc2cc(N3CCCCC3C(F)(F)F)ccc2c1)C(=O)SCC(O)C(O)CO. The minimum absolute atomic E-state index is 0.0736. The van der Waals surface area contributed by atoms with Crippen LogP contribution >= 0.6 is 11.8 Å². The van der Waals surface area contributed by atoms with E-state index in [9.17, 15) is 33.4 Å². The van der Waals surface area contributed by atoms with E-state index in [1.807, 2.05) is 6.07 Å². The lowest BCUT2D eigenvalue weighted by Crippen LogP contribution is -2.48. The van der Waals surface area contributed by atoms with Crippen molar-refractivity contribution in [3.05, 3.63) is 47.5 Å². The summed E-state index contributed by atoms with van der Waals surface area (Å²) in [7, 11) is 0. The number of nitriles is 1. The molecule has 3 atom stereocenters. The third-order valence-electron chi connectivity index (χ3n) is 5.73. The van der Waals surface area contributed by atoms with Crippen LogP contribution < -0.4 is 4.90 Å². The first-order valence-electron chi connectivity index (χ1n) is 10.8. The molecule has 6 nitrogen and oxygen atoms in total. The minimum Gasteiger partial charge on any atom is -0.394 e. The van der Waals surface area contributed by atoms with Crippen LogP contribution in [0.25, 0.3) is 16.8 Å². The summed E-state index contributed by atoms with van der Waals surface area (Å²) in [6.07, 6.45) is -4.28. The smallest absolute Gasteiger partial charge is 0.394 e. The van der Waals surface area contributed by atoms with Crippen LogP contribution in [-0.2, 0) is 4.79 Å². The quantitative estimate of drug-likeness (QED) is 0.399. The molecule has 0 aromatic heterocycles. The lowest BCUT2D eigenvalue weighted by Gasteiger charge is -2.38. The Hall–Kier alpha value is -2.58. The number of rotatable bonds is 7. The lowest BCUT2D eigenvalue weighted by atomic mass is 9.99. The van der Waals surface area contributed by atoms with E-state index in [0.29, 0.717) is 42.4 Å². The molecule has 1 aliphatic heterocycles. The molecular formula is C24H25F3N2O4S. The summed E-state index contributed by atoms with van der Waals surface area (Å²) < 4.78 is 40.4. The molecule has 182 valence electrons. The number of carbonyl (C=O) groups excluding carboxylic acids is 1. The van der Waals surface area contributed by atoms with Crippen molar-refractivity contribution in [3.63, 3.8) is 0 Å². The van der Waals surface area contributed by atoms with Gasteiger partial charge in [-0.2, -0.15) is 18.4 Å². The van der Waals surface area contributed by atoms with Crippen molar-refractivity contribution in [3.8, 4) is 6.07 Å². The highest BCUT2D eigenvalue weighted by Gasteiger charge is 2.44. The molecule has 1 saturated heterocycles. The average molecular weight is 495 g/mol. The monoisotopic (exact) mass is 494 g/mol. The van der Waals surface area contributed by atoms with E-state index in [-0.39, 0.29) is 17.7 Å². The van der Waals surface area contributed by atoms with Gasteiger partial charge in [-0.15, -0.1) is 0 Å². The van der Waals surface area contributed by atoms with Crippen molar-refractivity contribution >= 4 is 39.4 Å². The fourth-order valence-corrected chi connectivity index (χ4v) is 4.68. The molecule has 2 aromatic carbocycles. The molecule has 0 saturated carbocycles. The fourth-order valence-electron chi connectivity index (χ4n) is 3.88. The first-order valence-corrected chi connectivity index (χ1v) is 11.8. The standard InChI is InChI=1S/C24H25F3N2O4S/c25-24(26,27)22-3-1-2-8-29(22)19-7-6-16-9-15(4-5-17(16)11-19)10-18(12-28)23(33)34-14-21(32)20(31)13-30/h4-7,9-11,20-22,30-32H,1-3,8,13-14H2/b18-10+. The largest absolute Gasteiger partial charge is 0.408 e. The molecule has 0 amide bonds. The van der Waals surface area contributed by atoms with Crippen LogP contribution in [0.2, 0.25) is 0 Å². The molecule has 34 heavy (non-hydrogen) atoms. The number of fused-ring (bicyclic) bond motifs is 1. The lowest BCUT2D eigenvalue weighted by molar-refractivity contribution is -0.152. The van der Waals surface area contributed by atoms with Gasteiger partial charge in [0.25, 0.3) is 0 Å². The maximum atomic E-state index is 13.5. The molecule has 10 heteroatoms. The fraction of sp³-hybridized carbons (Fsp3) is 0.417. The van der Waals surface area contributed by atoms with Gasteiger partial charge in [-0.05, 0) is 59.9 Å². The number of hydrogen-bond donors (Lipinski definition) is 3. The summed E-state index contributed by atoms with van der Waals surface area (Å²) in [5, 5.41) is 38.1. The molecule has 1 aliphatic rings. The Morgan fingerprint density at radius 2 is 1.88 bits per heavy atom. The average Bonchev–Trinajstić information content (AvgIpc) is 2.84. The second-order valence-electron chi connectivity index (χ2n) is 8.12. The summed E-state index contributed by atoms with van der Waals surface area (Å²) in [6, 6.07) is 10.5. The minimum atomic E-state index is -4.30. The van der Waals surface area contributed by atoms with Crippen molar-refractivity contribution in [2.45, 2.75) is 43.7 Å². The number of aliphatic hydroxyl groups is 3. The Kier molecular flexibility index (Phi) is 8.60. The Balaban J connectivity index is 1.79. The molecule has 0 spiro atoms. The van der Waals surface area contributed by atoms with Crippen molar-refractivity contribution in [1.82, 2.24) is 0 Å². The zero-order valence-corrected chi connectivity index (χ0v) is 19.0. The molecule has 0 bridgehead atoms. The zero-order valence-electron chi connectivity index (χ0n) is 18.2. The number of carbonyl (C=O) groups is 1. The van der Waals surface area contributed by atoms with Crippen molar-refractivity contribution in [2.24, 2.45) is 0 Å². The molecule has 0 aliphatic carbocycles. The summed E-state index contributed by atoms with van der Waals surface area (Å²) in [6.45, 7) is -0.309. The topological polar surface area (TPSA) is 105 Å². The van der Waals surface area contributed by atoms with Crippen molar-refractivity contribution in [1.29, 1.82) is 5.26 Å². The number of piperidine rings is 1. The highest BCUT2D eigenvalue weighted by molar-refractivity contribution is 8.14. The summed E-state index contributed by atoms with van der Waals surface area (Å²) in [5.41, 5.74) is 0.909. The Bertz CT molecular complexity index is 1100. The Labute approximate surface area is 199 Å². The Morgan fingerprint density at radius 1 is 1.18 bits per heavy atom. The van der Waals surface area contributed by atoms with Crippen molar-refractivity contribution in [2.75, 3.05) is 23.8 Å². The third-order valence-corrected chi connectivity index (χ3v) is 6.72. The highest BCUT2D eigenvalue weighted by atomic mass is 32.2. The Morgan fingerprint density at radius 3 is 2.56 bits per heavy atom. The first kappa shape index (κ1) is 26.0.